The van der Waals surface area contributed by atoms with Gasteiger partial charge in [0.1, 0.15) is 5.01 Å². The van der Waals surface area contributed by atoms with Crippen molar-refractivity contribution in [2.45, 2.75) is 52.9 Å². The van der Waals surface area contributed by atoms with Gasteiger partial charge in [0, 0.05) is 44.2 Å². The Morgan fingerprint density at radius 3 is 2.68 bits per heavy atom. The largest absolute Gasteiger partial charge is 0.383 e. The van der Waals surface area contributed by atoms with Crippen molar-refractivity contribution in [3.63, 3.8) is 0 Å². The fourth-order valence-corrected chi connectivity index (χ4v) is 2.47. The fourth-order valence-electron chi connectivity index (χ4n) is 1.73. The number of thiazole rings is 1. The van der Waals surface area contributed by atoms with E-state index < -0.39 is 0 Å². The van der Waals surface area contributed by atoms with Gasteiger partial charge in [0.2, 0.25) is 0 Å². The second-order valence-electron chi connectivity index (χ2n) is 5.33. The van der Waals surface area contributed by atoms with E-state index in [0.717, 1.165) is 31.9 Å². The van der Waals surface area contributed by atoms with Gasteiger partial charge in [-0.1, -0.05) is 13.8 Å². The van der Waals surface area contributed by atoms with Gasteiger partial charge in [0.15, 0.2) is 0 Å². The highest BCUT2D eigenvalue weighted by Crippen LogP contribution is 2.13. The summed E-state index contributed by atoms with van der Waals surface area (Å²) >= 11 is 1.74. The van der Waals surface area contributed by atoms with Gasteiger partial charge < -0.3 is 10.1 Å². The van der Waals surface area contributed by atoms with Crippen molar-refractivity contribution >= 4 is 11.3 Å². The normalized spacial score (nSPS) is 12.0. The maximum atomic E-state index is 5.16. The smallest absolute Gasteiger partial charge is 0.107 e. The van der Waals surface area contributed by atoms with Crippen LogP contribution in [0, 0.1) is 0 Å². The highest BCUT2D eigenvalue weighted by atomic mass is 32.1. The van der Waals surface area contributed by atoms with E-state index in [1.54, 1.807) is 18.4 Å². The van der Waals surface area contributed by atoms with Crippen LogP contribution in [0.1, 0.15) is 38.4 Å². The first-order chi connectivity index (χ1) is 9.02. The number of hydrogen-bond acceptors (Lipinski definition) is 5. The molecule has 0 radical (unpaired) electrons. The molecule has 1 N–H and O–H groups in total. The van der Waals surface area contributed by atoms with E-state index in [0.29, 0.717) is 12.1 Å². The van der Waals surface area contributed by atoms with Crippen LogP contribution in [-0.2, 0) is 17.8 Å². The zero-order valence-electron chi connectivity index (χ0n) is 12.8. The van der Waals surface area contributed by atoms with Crippen LogP contribution in [0.2, 0.25) is 0 Å². The van der Waals surface area contributed by atoms with Gasteiger partial charge in [0.25, 0.3) is 0 Å². The SMILES string of the molecule is COCCN(Cc1csc(CNC(C)C)n1)C(C)C. The minimum Gasteiger partial charge on any atom is -0.383 e. The Morgan fingerprint density at radius 1 is 1.37 bits per heavy atom. The molecule has 1 aromatic heterocycles. The second kappa shape index (κ2) is 8.64. The summed E-state index contributed by atoms with van der Waals surface area (Å²) in [5.41, 5.74) is 1.16. The van der Waals surface area contributed by atoms with Crippen molar-refractivity contribution in [3.05, 3.63) is 16.1 Å². The summed E-state index contributed by atoms with van der Waals surface area (Å²) < 4.78 is 5.16. The molecule has 0 atom stereocenters. The van der Waals surface area contributed by atoms with Crippen LogP contribution in [0.4, 0.5) is 0 Å². The summed E-state index contributed by atoms with van der Waals surface area (Å²) in [4.78, 5) is 7.07. The Balaban J connectivity index is 2.50. The van der Waals surface area contributed by atoms with E-state index >= 15 is 0 Å². The van der Waals surface area contributed by atoms with Gasteiger partial charge in [-0.05, 0) is 13.8 Å². The summed E-state index contributed by atoms with van der Waals surface area (Å²) in [5, 5.41) is 6.73. The van der Waals surface area contributed by atoms with Crippen LogP contribution in [0.3, 0.4) is 0 Å². The van der Waals surface area contributed by atoms with Crippen LogP contribution in [-0.4, -0.2) is 42.2 Å². The molecule has 0 amide bonds. The quantitative estimate of drug-likeness (QED) is 0.756. The van der Waals surface area contributed by atoms with Gasteiger partial charge in [-0.15, -0.1) is 11.3 Å². The van der Waals surface area contributed by atoms with Crippen LogP contribution in [0.15, 0.2) is 5.38 Å². The lowest BCUT2D eigenvalue weighted by Gasteiger charge is -2.25. The first-order valence-corrected chi connectivity index (χ1v) is 7.80. The molecule has 0 saturated heterocycles. The van der Waals surface area contributed by atoms with E-state index in [1.165, 1.54) is 5.01 Å². The van der Waals surface area contributed by atoms with Gasteiger partial charge in [0.05, 0.1) is 12.3 Å². The first kappa shape index (κ1) is 16.6. The predicted octanol–water partition coefficient (Wildman–Crippen LogP) is 2.50. The molecule has 0 unspecified atom stereocenters. The van der Waals surface area contributed by atoms with Crippen molar-refractivity contribution in [2.24, 2.45) is 0 Å². The van der Waals surface area contributed by atoms with Gasteiger partial charge in [-0.3, -0.25) is 4.90 Å². The van der Waals surface area contributed by atoms with E-state index in [4.69, 9.17) is 4.74 Å². The molecule has 0 aliphatic heterocycles. The second-order valence-corrected chi connectivity index (χ2v) is 6.27. The Hall–Kier alpha value is -0.490. The fraction of sp³-hybridized carbons (Fsp3) is 0.786. The molecule has 0 spiro atoms. The molecule has 0 bridgehead atoms. The number of aromatic nitrogens is 1. The first-order valence-electron chi connectivity index (χ1n) is 6.92. The highest BCUT2D eigenvalue weighted by molar-refractivity contribution is 7.09. The molecule has 0 aliphatic rings. The Labute approximate surface area is 121 Å². The van der Waals surface area contributed by atoms with E-state index in [2.05, 4.69) is 48.3 Å². The third-order valence-electron chi connectivity index (χ3n) is 2.94. The molecule has 1 aromatic rings. The number of nitrogens with zero attached hydrogens (tertiary/aromatic N) is 2. The van der Waals surface area contributed by atoms with Gasteiger partial charge in [-0.2, -0.15) is 0 Å². The molecule has 0 aliphatic carbocycles. The molecule has 5 heteroatoms. The topological polar surface area (TPSA) is 37.4 Å². The molecule has 1 rings (SSSR count). The molecule has 4 nitrogen and oxygen atoms in total. The monoisotopic (exact) mass is 285 g/mol. The van der Waals surface area contributed by atoms with E-state index in [1.807, 2.05) is 0 Å². The number of methoxy groups -OCH3 is 1. The zero-order chi connectivity index (χ0) is 14.3. The Morgan fingerprint density at radius 2 is 2.11 bits per heavy atom. The summed E-state index contributed by atoms with van der Waals surface area (Å²) in [6.07, 6.45) is 0. The molecule has 0 fully saturated rings. The average Bonchev–Trinajstić information content (AvgIpc) is 2.79. The number of hydrogen-bond donors (Lipinski definition) is 1. The van der Waals surface area contributed by atoms with Crippen LogP contribution >= 0.6 is 11.3 Å². The van der Waals surface area contributed by atoms with Crippen molar-refractivity contribution in [1.82, 2.24) is 15.2 Å². The lowest BCUT2D eigenvalue weighted by atomic mass is 10.3. The van der Waals surface area contributed by atoms with Crippen molar-refractivity contribution in [1.29, 1.82) is 0 Å². The number of rotatable bonds is 9. The predicted molar refractivity (Wildman–Crippen MR) is 81.5 cm³/mol. The molecule has 0 aromatic carbocycles. The van der Waals surface area contributed by atoms with E-state index in [9.17, 15) is 0 Å². The molecule has 0 saturated carbocycles. The minimum absolute atomic E-state index is 0.501. The Kier molecular flexibility index (Phi) is 7.53. The van der Waals surface area contributed by atoms with Crippen molar-refractivity contribution in [2.75, 3.05) is 20.3 Å². The average molecular weight is 285 g/mol. The highest BCUT2D eigenvalue weighted by Gasteiger charge is 2.12. The van der Waals surface area contributed by atoms with Crippen LogP contribution < -0.4 is 5.32 Å². The van der Waals surface area contributed by atoms with Gasteiger partial charge in [-0.25, -0.2) is 4.98 Å². The summed E-state index contributed by atoms with van der Waals surface area (Å²) in [6.45, 7) is 12.2. The molecule has 19 heavy (non-hydrogen) atoms. The van der Waals surface area contributed by atoms with Crippen LogP contribution in [0.25, 0.3) is 0 Å². The number of nitrogens with one attached hydrogen (secondary N) is 1. The molecular weight excluding hydrogens is 258 g/mol. The molecule has 110 valence electrons. The standard InChI is InChI=1S/C14H27N3OS/c1-11(2)15-8-14-16-13(10-19-14)9-17(12(3)4)6-7-18-5/h10-12,15H,6-9H2,1-5H3. The summed E-state index contributed by atoms with van der Waals surface area (Å²) in [5.74, 6) is 0. The van der Waals surface area contributed by atoms with E-state index in [-0.39, 0.29) is 0 Å². The lowest BCUT2D eigenvalue weighted by Crippen LogP contribution is -2.33. The third-order valence-corrected chi connectivity index (χ3v) is 3.84. The lowest BCUT2D eigenvalue weighted by molar-refractivity contribution is 0.124. The maximum Gasteiger partial charge on any atom is 0.107 e. The van der Waals surface area contributed by atoms with Crippen LogP contribution in [0.5, 0.6) is 0 Å². The molecular formula is C14H27N3OS. The third kappa shape index (κ3) is 6.47. The summed E-state index contributed by atoms with van der Waals surface area (Å²) in [6, 6.07) is 1.01. The van der Waals surface area contributed by atoms with Crippen molar-refractivity contribution < 1.29 is 4.74 Å². The Bertz CT molecular complexity index is 352. The minimum atomic E-state index is 0.501. The number of ether oxygens (including phenoxy) is 1. The molecule has 1 heterocycles. The zero-order valence-corrected chi connectivity index (χ0v) is 13.6. The maximum absolute atomic E-state index is 5.16. The summed E-state index contributed by atoms with van der Waals surface area (Å²) in [7, 11) is 1.75. The van der Waals surface area contributed by atoms with Crippen molar-refractivity contribution in [3.8, 4) is 0 Å². The van der Waals surface area contributed by atoms with Gasteiger partial charge >= 0.3 is 0 Å².